The van der Waals surface area contributed by atoms with Crippen LogP contribution in [-0.2, 0) is 0 Å². The molecule has 0 unspecified atom stereocenters. The fourth-order valence-corrected chi connectivity index (χ4v) is 8.63. The molecule has 0 saturated carbocycles. The van der Waals surface area contributed by atoms with Gasteiger partial charge in [0.15, 0.2) is 0 Å². The Morgan fingerprint density at radius 3 is 1.64 bits per heavy atom. The molecule has 1 aromatic heterocycles. The highest BCUT2D eigenvalue weighted by Gasteiger charge is 2.21. The second-order valence-electron chi connectivity index (χ2n) is 14.9. The van der Waals surface area contributed by atoms with Gasteiger partial charge in [0, 0.05) is 27.7 Å². The zero-order valence-electron chi connectivity index (χ0n) is 31.7. The molecule has 0 saturated heterocycles. The molecule has 0 N–H and O–H groups in total. The van der Waals surface area contributed by atoms with E-state index >= 15 is 0 Å². The number of fused-ring (bicyclic) bond motifs is 5. The molecule has 11 aromatic rings. The van der Waals surface area contributed by atoms with E-state index in [0.717, 1.165) is 55.7 Å². The van der Waals surface area contributed by atoms with E-state index in [-0.39, 0.29) is 0 Å². The van der Waals surface area contributed by atoms with Crippen LogP contribution in [0.5, 0.6) is 0 Å². The third-order valence-corrected chi connectivity index (χ3v) is 11.4. The molecule has 272 valence electrons. The molecule has 0 aliphatic heterocycles. The zero-order chi connectivity index (χ0) is 38.4. The highest BCUT2D eigenvalue weighted by molar-refractivity contribution is 6.16. The number of hydrogen-bond acceptors (Lipinski definition) is 2. The van der Waals surface area contributed by atoms with Crippen molar-refractivity contribution < 1.29 is 4.42 Å². The van der Waals surface area contributed by atoms with Gasteiger partial charge >= 0.3 is 0 Å². The van der Waals surface area contributed by atoms with Gasteiger partial charge in [-0.15, -0.1) is 0 Å². The Labute approximate surface area is 337 Å². The van der Waals surface area contributed by atoms with Gasteiger partial charge in [-0.3, -0.25) is 0 Å². The van der Waals surface area contributed by atoms with Crippen LogP contribution in [0.25, 0.3) is 88.0 Å². The minimum atomic E-state index is 0.882. The Kier molecular flexibility index (Phi) is 8.19. The smallest absolute Gasteiger partial charge is 0.136 e. The molecule has 0 aliphatic rings. The molecule has 11 rings (SSSR count). The van der Waals surface area contributed by atoms with Crippen LogP contribution < -0.4 is 4.90 Å². The summed E-state index contributed by atoms with van der Waals surface area (Å²) in [6.07, 6.45) is 0. The fraction of sp³-hybridized carbons (Fsp3) is 0. The zero-order valence-corrected chi connectivity index (χ0v) is 31.7. The molecule has 2 nitrogen and oxygen atoms in total. The molecule has 0 radical (unpaired) electrons. The Bertz CT molecular complexity index is 3270. The average Bonchev–Trinajstić information content (AvgIpc) is 3.67. The number of benzene rings is 10. The number of rotatable bonds is 7. The largest absolute Gasteiger partial charge is 0.456 e. The van der Waals surface area contributed by atoms with E-state index < -0.39 is 0 Å². The first-order valence-electron chi connectivity index (χ1n) is 19.8. The molecule has 58 heavy (non-hydrogen) atoms. The molecule has 0 bridgehead atoms. The Hall–Kier alpha value is -7.68. The van der Waals surface area contributed by atoms with Gasteiger partial charge in [-0.25, -0.2) is 0 Å². The van der Waals surface area contributed by atoms with Gasteiger partial charge in [0.1, 0.15) is 11.2 Å². The number of anilines is 3. The SMILES string of the molecule is c1ccc(-c2ccc(-c3ccc(N(c4ccc5ccccc5c4)c4ccccc4-c4cccc5oc6cc7ccccc7cc6c45)cc3)cc2-c2ccccc2)cc1. The van der Waals surface area contributed by atoms with Gasteiger partial charge in [0.05, 0.1) is 5.69 Å². The molecule has 0 fully saturated rings. The minimum Gasteiger partial charge on any atom is -0.456 e. The highest BCUT2D eigenvalue weighted by atomic mass is 16.3. The molecular formula is C56H37NO. The third-order valence-electron chi connectivity index (χ3n) is 11.4. The number of para-hydroxylation sites is 1. The monoisotopic (exact) mass is 739 g/mol. The maximum atomic E-state index is 6.55. The highest BCUT2D eigenvalue weighted by Crippen LogP contribution is 2.46. The number of hydrogen-bond donors (Lipinski definition) is 0. The predicted octanol–water partition coefficient (Wildman–Crippen LogP) is 16.0. The van der Waals surface area contributed by atoms with Gasteiger partial charge in [-0.05, 0) is 115 Å². The van der Waals surface area contributed by atoms with Gasteiger partial charge in [0.25, 0.3) is 0 Å². The first-order chi connectivity index (χ1) is 28.7. The summed E-state index contributed by atoms with van der Waals surface area (Å²) in [6, 6.07) is 80.7. The van der Waals surface area contributed by atoms with E-state index in [9.17, 15) is 0 Å². The van der Waals surface area contributed by atoms with Crippen molar-refractivity contribution in [3.8, 4) is 44.5 Å². The topological polar surface area (TPSA) is 16.4 Å². The normalized spacial score (nSPS) is 11.4. The van der Waals surface area contributed by atoms with E-state index in [1.165, 1.54) is 49.4 Å². The van der Waals surface area contributed by atoms with Crippen LogP contribution in [0.3, 0.4) is 0 Å². The van der Waals surface area contributed by atoms with Crippen molar-refractivity contribution in [1.29, 1.82) is 0 Å². The summed E-state index contributed by atoms with van der Waals surface area (Å²) < 4.78 is 6.55. The van der Waals surface area contributed by atoms with Crippen molar-refractivity contribution in [2.75, 3.05) is 4.90 Å². The van der Waals surface area contributed by atoms with Crippen LogP contribution in [-0.4, -0.2) is 0 Å². The van der Waals surface area contributed by atoms with E-state index in [2.05, 4.69) is 229 Å². The molecule has 0 atom stereocenters. The van der Waals surface area contributed by atoms with Crippen LogP contribution in [0, 0.1) is 0 Å². The van der Waals surface area contributed by atoms with Crippen LogP contribution >= 0.6 is 0 Å². The van der Waals surface area contributed by atoms with Crippen LogP contribution in [0.15, 0.2) is 229 Å². The molecule has 0 aliphatic carbocycles. The lowest BCUT2D eigenvalue weighted by molar-refractivity contribution is 0.669. The fourth-order valence-electron chi connectivity index (χ4n) is 8.63. The van der Waals surface area contributed by atoms with Crippen LogP contribution in [0.2, 0.25) is 0 Å². The summed E-state index contributed by atoms with van der Waals surface area (Å²) >= 11 is 0. The van der Waals surface area contributed by atoms with Crippen molar-refractivity contribution in [2.45, 2.75) is 0 Å². The first-order valence-corrected chi connectivity index (χ1v) is 19.8. The van der Waals surface area contributed by atoms with Gasteiger partial charge < -0.3 is 9.32 Å². The lowest BCUT2D eigenvalue weighted by atomic mass is 9.91. The summed E-state index contributed by atoms with van der Waals surface area (Å²) in [5.41, 5.74) is 14.5. The van der Waals surface area contributed by atoms with Crippen molar-refractivity contribution >= 4 is 60.5 Å². The van der Waals surface area contributed by atoms with E-state index in [1.807, 2.05) is 0 Å². The summed E-state index contributed by atoms with van der Waals surface area (Å²) in [6.45, 7) is 0. The number of nitrogens with zero attached hydrogens (tertiary/aromatic N) is 1. The average molecular weight is 740 g/mol. The minimum absolute atomic E-state index is 0.882. The van der Waals surface area contributed by atoms with Gasteiger partial charge in [0.2, 0.25) is 0 Å². The lowest BCUT2D eigenvalue weighted by Crippen LogP contribution is -2.11. The summed E-state index contributed by atoms with van der Waals surface area (Å²) in [7, 11) is 0. The summed E-state index contributed by atoms with van der Waals surface area (Å²) in [5.74, 6) is 0. The van der Waals surface area contributed by atoms with Crippen molar-refractivity contribution in [3.63, 3.8) is 0 Å². The Morgan fingerprint density at radius 2 is 0.879 bits per heavy atom. The maximum Gasteiger partial charge on any atom is 0.136 e. The van der Waals surface area contributed by atoms with E-state index in [4.69, 9.17) is 4.42 Å². The van der Waals surface area contributed by atoms with E-state index in [0.29, 0.717) is 0 Å². The molecule has 1 heterocycles. The van der Waals surface area contributed by atoms with Gasteiger partial charge in [-0.2, -0.15) is 0 Å². The summed E-state index contributed by atoms with van der Waals surface area (Å²) in [4.78, 5) is 2.40. The maximum absolute atomic E-state index is 6.55. The standard InChI is InChI=1S/C56H37NO/c1-3-15-40(16-4-1)48-33-29-45(35-51(48)41-17-5-2-6-18-41)39-26-30-46(31-27-39)57(47-32-28-38-14-7-8-19-42(38)34-47)53-24-12-11-22-49(53)50-23-13-25-54-56(50)52-36-43-20-9-10-21-44(43)37-55(52)58-54/h1-37H. The predicted molar refractivity (Wildman–Crippen MR) is 245 cm³/mol. The second-order valence-corrected chi connectivity index (χ2v) is 14.9. The van der Waals surface area contributed by atoms with Crippen LogP contribution in [0.1, 0.15) is 0 Å². The molecule has 0 amide bonds. The number of furan rings is 1. The Morgan fingerprint density at radius 1 is 0.293 bits per heavy atom. The van der Waals surface area contributed by atoms with Crippen LogP contribution in [0.4, 0.5) is 17.1 Å². The van der Waals surface area contributed by atoms with E-state index in [1.54, 1.807) is 0 Å². The van der Waals surface area contributed by atoms with Gasteiger partial charge in [-0.1, -0.05) is 170 Å². The first kappa shape index (κ1) is 33.6. The quantitative estimate of drug-likeness (QED) is 0.162. The summed E-state index contributed by atoms with van der Waals surface area (Å²) in [5, 5.41) is 7.02. The van der Waals surface area contributed by atoms with Crippen molar-refractivity contribution in [1.82, 2.24) is 0 Å². The Balaban J connectivity index is 1.07. The molecule has 10 aromatic carbocycles. The second kappa shape index (κ2) is 14.1. The molecular weight excluding hydrogens is 703 g/mol. The lowest BCUT2D eigenvalue weighted by Gasteiger charge is -2.28. The van der Waals surface area contributed by atoms with Crippen molar-refractivity contribution in [3.05, 3.63) is 224 Å². The molecule has 2 heteroatoms. The van der Waals surface area contributed by atoms with Crippen molar-refractivity contribution in [2.24, 2.45) is 0 Å². The third kappa shape index (κ3) is 5.91. The molecule has 0 spiro atoms.